The number of rotatable bonds is 5. The van der Waals surface area contributed by atoms with Crippen molar-refractivity contribution in [3.8, 4) is 0 Å². The molecular formula is C5H14O6P2. The van der Waals surface area contributed by atoms with E-state index in [2.05, 4.69) is 4.52 Å². The maximum atomic E-state index is 11.2. The number of hydrogen-bond acceptors (Lipinski definition) is 3. The first-order valence-corrected chi connectivity index (χ1v) is 7.02. The van der Waals surface area contributed by atoms with Gasteiger partial charge in [0, 0.05) is 7.11 Å². The summed E-state index contributed by atoms with van der Waals surface area (Å²) in [5.41, 5.74) is 0. The minimum absolute atomic E-state index is 0.0358. The van der Waals surface area contributed by atoms with Crippen molar-refractivity contribution in [2.75, 3.05) is 7.11 Å². The molecule has 80 valence electrons. The van der Waals surface area contributed by atoms with E-state index < -0.39 is 20.6 Å². The number of hydrogen-bond donors (Lipinski definition) is 3. The van der Waals surface area contributed by atoms with Crippen LogP contribution in [-0.2, 0) is 13.7 Å². The van der Waals surface area contributed by atoms with Crippen LogP contribution in [0.15, 0.2) is 0 Å². The molecule has 0 amide bonds. The molecule has 0 saturated heterocycles. The summed E-state index contributed by atoms with van der Waals surface area (Å²) in [6, 6.07) is 0. The van der Waals surface area contributed by atoms with Crippen LogP contribution < -0.4 is 0 Å². The largest absolute Gasteiger partial charge is 0.342 e. The SMILES string of the molecule is CCCC(P(=O)(O)O)P(=O)(O)OC. The molecule has 2 atom stereocenters. The van der Waals surface area contributed by atoms with Crippen LogP contribution in [0.4, 0.5) is 0 Å². The third-order valence-electron chi connectivity index (χ3n) is 1.57. The first-order chi connectivity index (χ1) is 5.75. The van der Waals surface area contributed by atoms with E-state index in [9.17, 15) is 9.13 Å². The van der Waals surface area contributed by atoms with Gasteiger partial charge in [-0.1, -0.05) is 13.3 Å². The topological polar surface area (TPSA) is 104 Å². The van der Waals surface area contributed by atoms with Gasteiger partial charge in [0.25, 0.3) is 0 Å². The Labute approximate surface area is 76.6 Å². The van der Waals surface area contributed by atoms with Gasteiger partial charge < -0.3 is 19.2 Å². The molecule has 0 fully saturated rings. The van der Waals surface area contributed by atoms with Crippen molar-refractivity contribution in [1.29, 1.82) is 0 Å². The quantitative estimate of drug-likeness (QED) is 0.613. The summed E-state index contributed by atoms with van der Waals surface area (Å²) in [5, 5.41) is -1.60. The molecule has 0 radical (unpaired) electrons. The maximum absolute atomic E-state index is 11.2. The predicted molar refractivity (Wildman–Crippen MR) is 47.6 cm³/mol. The van der Waals surface area contributed by atoms with Gasteiger partial charge in [0.2, 0.25) is 0 Å². The predicted octanol–water partition coefficient (Wildman–Crippen LogP) is 1.12. The monoisotopic (exact) mass is 232 g/mol. The van der Waals surface area contributed by atoms with E-state index in [1.807, 2.05) is 0 Å². The van der Waals surface area contributed by atoms with Crippen molar-refractivity contribution in [3.05, 3.63) is 0 Å². The summed E-state index contributed by atoms with van der Waals surface area (Å²) in [7, 11) is -7.80. The Morgan fingerprint density at radius 2 is 1.77 bits per heavy atom. The lowest BCUT2D eigenvalue weighted by molar-refractivity contribution is 0.298. The molecule has 3 N–H and O–H groups in total. The Morgan fingerprint density at radius 3 is 2.00 bits per heavy atom. The average Bonchev–Trinajstić information content (AvgIpc) is 1.98. The van der Waals surface area contributed by atoms with E-state index in [1.54, 1.807) is 6.92 Å². The van der Waals surface area contributed by atoms with E-state index in [-0.39, 0.29) is 6.42 Å². The minimum Gasteiger partial charge on any atom is -0.324 e. The van der Waals surface area contributed by atoms with Crippen LogP contribution in [0.25, 0.3) is 0 Å². The molecule has 0 aliphatic carbocycles. The minimum atomic E-state index is -4.57. The summed E-state index contributed by atoms with van der Waals surface area (Å²) < 4.78 is 26.2. The molecule has 0 heterocycles. The van der Waals surface area contributed by atoms with Crippen LogP contribution in [-0.4, -0.2) is 27.2 Å². The lowest BCUT2D eigenvalue weighted by Gasteiger charge is -2.21. The molecule has 6 nitrogen and oxygen atoms in total. The van der Waals surface area contributed by atoms with Gasteiger partial charge in [0.1, 0.15) is 0 Å². The Morgan fingerprint density at radius 1 is 1.31 bits per heavy atom. The molecule has 0 bridgehead atoms. The second-order valence-corrected chi connectivity index (χ2v) is 6.93. The summed E-state index contributed by atoms with van der Waals surface area (Å²) in [5.74, 6) is 0. The lowest BCUT2D eigenvalue weighted by atomic mass is 10.4. The normalized spacial score (nSPS) is 19.5. The fourth-order valence-corrected chi connectivity index (χ4v) is 4.13. The van der Waals surface area contributed by atoms with E-state index in [1.165, 1.54) is 0 Å². The molecule has 0 aromatic heterocycles. The van der Waals surface area contributed by atoms with Gasteiger partial charge in [0.15, 0.2) is 5.40 Å². The zero-order valence-electron chi connectivity index (χ0n) is 7.45. The Hall–Kier alpha value is 0.300. The molecule has 0 aromatic carbocycles. The van der Waals surface area contributed by atoms with Crippen LogP contribution in [0.2, 0.25) is 0 Å². The molecular weight excluding hydrogens is 218 g/mol. The van der Waals surface area contributed by atoms with Gasteiger partial charge in [-0.2, -0.15) is 0 Å². The highest BCUT2D eigenvalue weighted by molar-refractivity contribution is 7.71. The van der Waals surface area contributed by atoms with Crippen LogP contribution in [0.1, 0.15) is 19.8 Å². The Balaban J connectivity index is 4.83. The molecule has 2 unspecified atom stereocenters. The first-order valence-electron chi connectivity index (χ1n) is 3.69. The van der Waals surface area contributed by atoms with E-state index >= 15 is 0 Å². The van der Waals surface area contributed by atoms with Crippen LogP contribution in [0, 0.1) is 0 Å². The zero-order valence-corrected chi connectivity index (χ0v) is 9.24. The fraction of sp³-hybridized carbons (Fsp3) is 1.00. The van der Waals surface area contributed by atoms with Crippen molar-refractivity contribution >= 4 is 15.2 Å². The summed E-state index contributed by atoms with van der Waals surface area (Å²) in [6.07, 6.45) is 0.371. The van der Waals surface area contributed by atoms with Crippen LogP contribution in [0.3, 0.4) is 0 Å². The van der Waals surface area contributed by atoms with Crippen molar-refractivity contribution in [2.45, 2.75) is 25.2 Å². The van der Waals surface area contributed by atoms with Gasteiger partial charge in [-0.15, -0.1) is 0 Å². The van der Waals surface area contributed by atoms with Crippen molar-refractivity contribution < 1.29 is 28.3 Å². The lowest BCUT2D eigenvalue weighted by Crippen LogP contribution is -2.10. The summed E-state index contributed by atoms with van der Waals surface area (Å²) in [6.45, 7) is 1.66. The van der Waals surface area contributed by atoms with Crippen LogP contribution in [0.5, 0.6) is 0 Å². The van der Waals surface area contributed by atoms with Gasteiger partial charge in [0.05, 0.1) is 0 Å². The zero-order chi connectivity index (χ0) is 10.7. The van der Waals surface area contributed by atoms with Crippen molar-refractivity contribution in [3.63, 3.8) is 0 Å². The van der Waals surface area contributed by atoms with E-state index in [0.29, 0.717) is 6.42 Å². The Bertz CT molecular complexity index is 245. The van der Waals surface area contributed by atoms with Crippen LogP contribution >= 0.6 is 15.2 Å². The van der Waals surface area contributed by atoms with Crippen molar-refractivity contribution in [2.24, 2.45) is 0 Å². The maximum Gasteiger partial charge on any atom is 0.342 e. The van der Waals surface area contributed by atoms with Gasteiger partial charge in [-0.05, 0) is 6.42 Å². The molecule has 0 aliphatic heterocycles. The van der Waals surface area contributed by atoms with Gasteiger partial charge in [-0.25, -0.2) is 0 Å². The fourth-order valence-electron chi connectivity index (χ4n) is 0.901. The molecule has 0 aliphatic rings. The molecule has 0 spiro atoms. The van der Waals surface area contributed by atoms with E-state index in [4.69, 9.17) is 14.7 Å². The average molecular weight is 232 g/mol. The third kappa shape index (κ3) is 3.90. The standard InChI is InChI=1S/C5H14O6P2/c1-3-4-5(12(6,7)8)13(9,10)11-2/h5H,3-4H2,1-2H3,(H,9,10)(H2,6,7,8). The molecule has 13 heavy (non-hydrogen) atoms. The molecule has 0 aromatic rings. The van der Waals surface area contributed by atoms with Gasteiger partial charge in [-0.3, -0.25) is 9.13 Å². The highest BCUT2D eigenvalue weighted by atomic mass is 31.2. The van der Waals surface area contributed by atoms with Crippen molar-refractivity contribution in [1.82, 2.24) is 0 Å². The first kappa shape index (κ1) is 13.3. The Kier molecular flexibility index (Phi) is 4.80. The summed E-state index contributed by atoms with van der Waals surface area (Å²) >= 11 is 0. The smallest absolute Gasteiger partial charge is 0.324 e. The van der Waals surface area contributed by atoms with Gasteiger partial charge >= 0.3 is 15.2 Å². The summed E-state index contributed by atoms with van der Waals surface area (Å²) in [4.78, 5) is 26.6. The highest BCUT2D eigenvalue weighted by Gasteiger charge is 2.43. The molecule has 0 saturated carbocycles. The second-order valence-electron chi connectivity index (χ2n) is 2.61. The highest BCUT2D eigenvalue weighted by Crippen LogP contribution is 2.63. The second kappa shape index (κ2) is 4.69. The van der Waals surface area contributed by atoms with E-state index in [0.717, 1.165) is 7.11 Å². The third-order valence-corrected chi connectivity index (χ3v) is 5.92. The molecule has 8 heteroatoms. The molecule has 0 rings (SSSR count).